The van der Waals surface area contributed by atoms with Gasteiger partial charge in [-0.2, -0.15) is 0 Å². The lowest BCUT2D eigenvalue weighted by Crippen LogP contribution is -2.62. The highest BCUT2D eigenvalue weighted by molar-refractivity contribution is 5.94. The summed E-state index contributed by atoms with van der Waals surface area (Å²) in [5.41, 5.74) is -1.54. The van der Waals surface area contributed by atoms with Gasteiger partial charge in [0, 0.05) is 11.3 Å². The maximum Gasteiger partial charge on any atom is 0.190 e. The molecule has 4 aliphatic rings. The van der Waals surface area contributed by atoms with Crippen molar-refractivity contribution in [2.75, 3.05) is 6.61 Å². The number of aliphatic hydroxyl groups is 3. The summed E-state index contributed by atoms with van der Waals surface area (Å²) in [6.07, 6.45) is 4.57. The summed E-state index contributed by atoms with van der Waals surface area (Å²) >= 11 is 0. The highest BCUT2D eigenvalue weighted by Gasteiger charge is 2.68. The van der Waals surface area contributed by atoms with Crippen LogP contribution in [0.2, 0.25) is 0 Å². The Bertz CT molecular complexity index is 713. The molecule has 4 aliphatic carbocycles. The van der Waals surface area contributed by atoms with Crippen LogP contribution in [0.3, 0.4) is 0 Å². The molecule has 0 aliphatic heterocycles. The van der Waals surface area contributed by atoms with E-state index in [0.29, 0.717) is 25.7 Å². The van der Waals surface area contributed by atoms with Gasteiger partial charge in [-0.3, -0.25) is 9.59 Å². The van der Waals surface area contributed by atoms with Crippen LogP contribution in [-0.2, 0) is 9.59 Å². The number of allylic oxidation sites excluding steroid dienone is 1. The van der Waals surface area contributed by atoms with Crippen molar-refractivity contribution in [2.24, 2.45) is 34.5 Å². The second-order valence-electron chi connectivity index (χ2n) is 9.80. The molecule has 5 heteroatoms. The van der Waals surface area contributed by atoms with Crippen molar-refractivity contribution >= 4 is 11.6 Å². The Morgan fingerprint density at radius 1 is 1.30 bits per heavy atom. The smallest absolute Gasteiger partial charge is 0.190 e. The molecular formula is C22H30O5. The van der Waals surface area contributed by atoms with Gasteiger partial charge in [-0.1, -0.05) is 19.4 Å². The van der Waals surface area contributed by atoms with Gasteiger partial charge in [-0.05, 0) is 74.7 Å². The lowest BCUT2D eigenvalue weighted by Gasteiger charge is -2.60. The summed E-state index contributed by atoms with van der Waals surface area (Å²) in [6.45, 7) is 9.43. The molecule has 148 valence electrons. The molecule has 0 aromatic rings. The Balaban J connectivity index is 1.74. The lowest BCUT2D eigenvalue weighted by molar-refractivity contribution is -0.182. The molecule has 0 saturated heterocycles. The fourth-order valence-corrected chi connectivity index (χ4v) is 7.41. The molecule has 0 aromatic carbocycles. The van der Waals surface area contributed by atoms with Crippen LogP contribution in [0.1, 0.15) is 52.4 Å². The molecule has 3 N–H and O–H groups in total. The van der Waals surface area contributed by atoms with Crippen molar-refractivity contribution in [1.29, 1.82) is 0 Å². The van der Waals surface area contributed by atoms with E-state index < -0.39 is 35.4 Å². The molecular weight excluding hydrogens is 344 g/mol. The van der Waals surface area contributed by atoms with E-state index in [-0.39, 0.29) is 29.0 Å². The molecule has 0 spiro atoms. The predicted molar refractivity (Wildman–Crippen MR) is 98.3 cm³/mol. The van der Waals surface area contributed by atoms with E-state index in [2.05, 4.69) is 6.92 Å². The average molecular weight is 374 g/mol. The highest BCUT2D eigenvalue weighted by atomic mass is 16.3. The molecule has 0 heterocycles. The summed E-state index contributed by atoms with van der Waals surface area (Å²) in [4.78, 5) is 24.5. The molecule has 3 saturated carbocycles. The van der Waals surface area contributed by atoms with Gasteiger partial charge in [0.2, 0.25) is 0 Å². The van der Waals surface area contributed by atoms with E-state index >= 15 is 0 Å². The minimum absolute atomic E-state index is 0.0266. The molecule has 3 fully saturated rings. The number of ketones is 2. The minimum Gasteiger partial charge on any atom is -0.393 e. The second kappa shape index (κ2) is 5.98. The number of hydrogen-bond donors (Lipinski definition) is 3. The molecule has 5 nitrogen and oxygen atoms in total. The topological polar surface area (TPSA) is 94.8 Å². The minimum atomic E-state index is -1.58. The van der Waals surface area contributed by atoms with Gasteiger partial charge in [0.25, 0.3) is 0 Å². The third-order valence-corrected chi connectivity index (χ3v) is 8.75. The molecule has 4 unspecified atom stereocenters. The molecule has 8 atom stereocenters. The van der Waals surface area contributed by atoms with E-state index in [1.54, 1.807) is 6.08 Å². The quantitative estimate of drug-likeness (QED) is 0.684. The zero-order valence-corrected chi connectivity index (χ0v) is 16.1. The van der Waals surface area contributed by atoms with Crippen LogP contribution < -0.4 is 0 Å². The van der Waals surface area contributed by atoms with Crippen molar-refractivity contribution in [3.63, 3.8) is 0 Å². The number of Topliss-reactive ketones (excluding diaryl/α,β-unsaturated/α-hetero) is 1. The Morgan fingerprint density at radius 2 is 2.00 bits per heavy atom. The van der Waals surface area contributed by atoms with E-state index in [4.69, 9.17) is 6.92 Å². The number of fused-ring (bicyclic) bond motifs is 5. The van der Waals surface area contributed by atoms with Gasteiger partial charge in [0.1, 0.15) is 12.2 Å². The first-order chi connectivity index (χ1) is 12.6. The summed E-state index contributed by atoms with van der Waals surface area (Å²) in [5.74, 6) is -0.845. The Kier molecular flexibility index (Phi) is 4.27. The monoisotopic (exact) mass is 374 g/mol. The van der Waals surface area contributed by atoms with E-state index in [1.807, 2.05) is 6.92 Å². The Hall–Kier alpha value is -1.04. The van der Waals surface area contributed by atoms with Gasteiger partial charge in [0.15, 0.2) is 11.6 Å². The van der Waals surface area contributed by atoms with E-state index in [0.717, 1.165) is 18.4 Å². The third kappa shape index (κ3) is 2.34. The van der Waals surface area contributed by atoms with Gasteiger partial charge < -0.3 is 15.3 Å². The number of carbonyl (C=O) groups excluding carboxylic acids is 2. The molecule has 27 heavy (non-hydrogen) atoms. The van der Waals surface area contributed by atoms with Crippen LogP contribution in [-0.4, -0.2) is 45.2 Å². The van der Waals surface area contributed by atoms with Crippen molar-refractivity contribution in [3.05, 3.63) is 18.6 Å². The largest absolute Gasteiger partial charge is 0.393 e. The first kappa shape index (κ1) is 19.3. The van der Waals surface area contributed by atoms with Crippen LogP contribution in [0.25, 0.3) is 0 Å². The Morgan fingerprint density at radius 3 is 2.67 bits per heavy atom. The van der Waals surface area contributed by atoms with Crippen LogP contribution in [0.15, 0.2) is 11.6 Å². The number of aliphatic hydroxyl groups excluding tert-OH is 2. The van der Waals surface area contributed by atoms with Gasteiger partial charge >= 0.3 is 0 Å². The zero-order chi connectivity index (χ0) is 19.8. The highest BCUT2D eigenvalue weighted by Crippen LogP contribution is 2.67. The van der Waals surface area contributed by atoms with Crippen molar-refractivity contribution in [3.8, 4) is 0 Å². The fraction of sp³-hybridized carbons (Fsp3) is 0.773. The molecule has 4 rings (SSSR count). The second-order valence-corrected chi connectivity index (χ2v) is 9.80. The average Bonchev–Trinajstić information content (AvgIpc) is 2.87. The van der Waals surface area contributed by atoms with Crippen LogP contribution >= 0.6 is 0 Å². The van der Waals surface area contributed by atoms with E-state index in [1.165, 1.54) is 0 Å². The maximum atomic E-state index is 12.4. The van der Waals surface area contributed by atoms with Crippen molar-refractivity contribution in [1.82, 2.24) is 0 Å². The van der Waals surface area contributed by atoms with Crippen LogP contribution in [0.5, 0.6) is 0 Å². The van der Waals surface area contributed by atoms with Crippen molar-refractivity contribution < 1.29 is 24.9 Å². The summed E-state index contributed by atoms with van der Waals surface area (Å²) in [5, 5.41) is 31.8. The molecule has 0 amide bonds. The Labute approximate surface area is 160 Å². The zero-order valence-electron chi connectivity index (χ0n) is 16.1. The number of rotatable bonds is 2. The number of carbonyl (C=O) groups is 2. The van der Waals surface area contributed by atoms with E-state index in [9.17, 15) is 24.9 Å². The number of hydrogen-bond acceptors (Lipinski definition) is 5. The molecule has 2 radical (unpaired) electrons. The first-order valence-electron chi connectivity index (χ1n) is 10.1. The van der Waals surface area contributed by atoms with Crippen LogP contribution in [0, 0.1) is 41.4 Å². The SMILES string of the molecule is [CH]C1C[C@@]2(C)C(=CC1=O)CCC1C2[C@@H](O)C[C@@]2(C)C1CC[C@]2(O)C(=O)CO. The van der Waals surface area contributed by atoms with Gasteiger partial charge in [-0.25, -0.2) is 0 Å². The summed E-state index contributed by atoms with van der Waals surface area (Å²) in [7, 11) is 0. The molecule has 0 aromatic heterocycles. The van der Waals surface area contributed by atoms with Gasteiger partial charge in [-0.15, -0.1) is 0 Å². The predicted octanol–water partition coefficient (Wildman–Crippen LogP) is 1.72. The first-order valence-corrected chi connectivity index (χ1v) is 10.1. The van der Waals surface area contributed by atoms with Gasteiger partial charge in [0.05, 0.1) is 6.10 Å². The standard InChI is InChI=1S/C22H30O5/c1-12-9-20(2)13(8-16(12)24)4-5-14-15-6-7-22(27,18(26)11-23)21(15,3)10-17(25)19(14)20/h1,8,12,14-15,17,19,23,25,27H,4-7,9-11H2,2-3H3/t12?,14?,15?,17-,19?,20-,21-,22-/m0/s1. The molecule has 0 bridgehead atoms. The normalized spacial score (nSPS) is 51.9. The van der Waals surface area contributed by atoms with Crippen LogP contribution in [0.4, 0.5) is 0 Å². The van der Waals surface area contributed by atoms with Crippen molar-refractivity contribution in [2.45, 2.75) is 64.1 Å². The fourth-order valence-electron chi connectivity index (χ4n) is 7.41. The summed E-state index contributed by atoms with van der Waals surface area (Å²) in [6, 6.07) is 0. The summed E-state index contributed by atoms with van der Waals surface area (Å²) < 4.78 is 0. The lowest BCUT2D eigenvalue weighted by atomic mass is 9.45. The third-order valence-electron chi connectivity index (χ3n) is 8.75. The maximum absolute atomic E-state index is 12.4.